The molecule has 0 amide bonds. The third-order valence-corrected chi connectivity index (χ3v) is 4.61. The number of nitrogens with one attached hydrogen (secondary N) is 1. The molecule has 1 fully saturated rings. The second kappa shape index (κ2) is 5.85. The molecule has 7 heteroatoms. The summed E-state index contributed by atoms with van der Waals surface area (Å²) in [6, 6.07) is 3.54. The highest BCUT2D eigenvalue weighted by atomic mass is 32.2. The first kappa shape index (κ1) is 14.2. The number of rotatable bonds is 5. The number of sulfonamides is 1. The van der Waals surface area contributed by atoms with Crippen LogP contribution in [-0.4, -0.2) is 28.2 Å². The van der Waals surface area contributed by atoms with Gasteiger partial charge in [0.15, 0.2) is 0 Å². The largest absolute Gasteiger partial charge is 0.399 e. The molecule has 0 aliphatic carbocycles. The average Bonchev–Trinajstić information content (AvgIpc) is 2.81. The number of ether oxygens (including phenoxy) is 1. The number of hydrogen-bond acceptors (Lipinski definition) is 4. The number of benzene rings is 1. The van der Waals surface area contributed by atoms with Crippen molar-refractivity contribution < 1.29 is 17.5 Å². The summed E-state index contributed by atoms with van der Waals surface area (Å²) in [5.41, 5.74) is 5.58. The predicted molar refractivity (Wildman–Crippen MR) is 69.5 cm³/mol. The Labute approximate surface area is 112 Å². The van der Waals surface area contributed by atoms with E-state index in [4.69, 9.17) is 10.5 Å². The fourth-order valence-electron chi connectivity index (χ4n) is 2.02. The van der Waals surface area contributed by atoms with Crippen molar-refractivity contribution in [2.24, 2.45) is 5.92 Å². The van der Waals surface area contributed by atoms with Gasteiger partial charge in [-0.2, -0.15) is 0 Å². The van der Waals surface area contributed by atoms with E-state index in [2.05, 4.69) is 4.72 Å². The van der Waals surface area contributed by atoms with Gasteiger partial charge in [-0.1, -0.05) is 0 Å². The van der Waals surface area contributed by atoms with Crippen molar-refractivity contribution in [1.82, 2.24) is 4.72 Å². The van der Waals surface area contributed by atoms with Crippen LogP contribution in [0.1, 0.15) is 12.8 Å². The summed E-state index contributed by atoms with van der Waals surface area (Å²) in [6.45, 7) is 1.67. The van der Waals surface area contributed by atoms with Crippen LogP contribution in [0, 0.1) is 11.7 Å². The van der Waals surface area contributed by atoms with Gasteiger partial charge in [0.2, 0.25) is 10.0 Å². The van der Waals surface area contributed by atoms with Crippen molar-refractivity contribution in [3.63, 3.8) is 0 Å². The van der Waals surface area contributed by atoms with E-state index in [0.29, 0.717) is 18.9 Å². The summed E-state index contributed by atoms with van der Waals surface area (Å²) in [5, 5.41) is 0. The zero-order valence-electron chi connectivity index (χ0n) is 10.4. The number of halogens is 1. The van der Waals surface area contributed by atoms with Crippen molar-refractivity contribution in [3.8, 4) is 0 Å². The number of nitrogens with two attached hydrogens (primary N) is 1. The molecule has 3 N–H and O–H groups in total. The van der Waals surface area contributed by atoms with Gasteiger partial charge in [-0.15, -0.1) is 0 Å². The van der Waals surface area contributed by atoms with E-state index in [9.17, 15) is 12.8 Å². The van der Waals surface area contributed by atoms with Crippen molar-refractivity contribution in [2.75, 3.05) is 25.5 Å². The zero-order valence-corrected chi connectivity index (χ0v) is 11.2. The summed E-state index contributed by atoms with van der Waals surface area (Å²) < 4.78 is 45.0. The molecule has 0 aromatic heterocycles. The lowest BCUT2D eigenvalue weighted by atomic mass is 10.1. The molecule has 106 valence electrons. The van der Waals surface area contributed by atoms with E-state index in [1.54, 1.807) is 0 Å². The van der Waals surface area contributed by atoms with Gasteiger partial charge in [0, 0.05) is 25.4 Å². The van der Waals surface area contributed by atoms with Crippen LogP contribution in [0.25, 0.3) is 0 Å². The van der Waals surface area contributed by atoms with Crippen LogP contribution in [0.15, 0.2) is 23.1 Å². The van der Waals surface area contributed by atoms with Crippen molar-refractivity contribution in [1.29, 1.82) is 0 Å². The highest BCUT2D eigenvalue weighted by Gasteiger charge is 2.20. The topological polar surface area (TPSA) is 81.4 Å². The van der Waals surface area contributed by atoms with Crippen LogP contribution in [0.4, 0.5) is 10.1 Å². The van der Waals surface area contributed by atoms with E-state index in [-0.39, 0.29) is 17.1 Å². The fraction of sp³-hybridized carbons (Fsp3) is 0.500. The summed E-state index contributed by atoms with van der Waals surface area (Å²) in [5.74, 6) is -0.462. The van der Waals surface area contributed by atoms with Gasteiger partial charge >= 0.3 is 0 Å². The van der Waals surface area contributed by atoms with Gasteiger partial charge in [-0.05, 0) is 37.0 Å². The summed E-state index contributed by atoms with van der Waals surface area (Å²) >= 11 is 0. The highest BCUT2D eigenvalue weighted by molar-refractivity contribution is 7.89. The third kappa shape index (κ3) is 3.65. The van der Waals surface area contributed by atoms with Crippen molar-refractivity contribution in [3.05, 3.63) is 24.0 Å². The Morgan fingerprint density at radius 2 is 2.26 bits per heavy atom. The molecule has 1 aromatic rings. The van der Waals surface area contributed by atoms with Crippen LogP contribution in [0.3, 0.4) is 0 Å². The minimum atomic E-state index is -3.82. The first-order valence-corrected chi connectivity index (χ1v) is 7.60. The Bertz CT molecular complexity index is 542. The molecule has 2 rings (SSSR count). The standard InChI is InChI=1S/C12H17FN2O3S/c13-11-7-10(14)1-2-12(11)19(16,17)15-5-3-9-4-6-18-8-9/h1-2,7,9,15H,3-6,8,14H2. The Kier molecular flexibility index (Phi) is 4.38. The number of hydrogen-bond donors (Lipinski definition) is 2. The average molecular weight is 288 g/mol. The fourth-order valence-corrected chi connectivity index (χ4v) is 3.13. The number of nitrogen functional groups attached to an aromatic ring is 1. The Balaban J connectivity index is 1.97. The van der Waals surface area contributed by atoms with Gasteiger partial charge in [-0.3, -0.25) is 0 Å². The maximum Gasteiger partial charge on any atom is 0.243 e. The molecule has 1 aliphatic rings. The Morgan fingerprint density at radius 1 is 1.47 bits per heavy atom. The summed E-state index contributed by atoms with van der Waals surface area (Å²) in [7, 11) is -3.82. The van der Waals surface area contributed by atoms with Crippen LogP contribution in [0.5, 0.6) is 0 Å². The molecule has 0 saturated carbocycles. The SMILES string of the molecule is Nc1ccc(S(=O)(=O)NCCC2CCOC2)c(F)c1. The summed E-state index contributed by atoms with van der Waals surface area (Å²) in [6.07, 6.45) is 1.63. The molecular formula is C12H17FN2O3S. The van der Waals surface area contributed by atoms with E-state index < -0.39 is 15.8 Å². The maximum atomic E-state index is 13.6. The second-order valence-electron chi connectivity index (χ2n) is 4.61. The first-order chi connectivity index (χ1) is 8.99. The molecule has 1 saturated heterocycles. The molecule has 1 heterocycles. The minimum absolute atomic E-state index is 0.194. The molecule has 0 bridgehead atoms. The van der Waals surface area contributed by atoms with E-state index in [1.807, 2.05) is 0 Å². The van der Waals surface area contributed by atoms with E-state index in [1.165, 1.54) is 12.1 Å². The second-order valence-corrected chi connectivity index (χ2v) is 6.34. The lowest BCUT2D eigenvalue weighted by molar-refractivity contribution is 0.184. The number of anilines is 1. The minimum Gasteiger partial charge on any atom is -0.399 e. The lowest BCUT2D eigenvalue weighted by Gasteiger charge is -2.10. The lowest BCUT2D eigenvalue weighted by Crippen LogP contribution is -2.27. The quantitative estimate of drug-likeness (QED) is 0.795. The molecule has 1 unspecified atom stereocenters. The maximum absolute atomic E-state index is 13.6. The van der Waals surface area contributed by atoms with Crippen molar-refractivity contribution in [2.45, 2.75) is 17.7 Å². The predicted octanol–water partition coefficient (Wildman–Crippen LogP) is 1.11. The molecule has 19 heavy (non-hydrogen) atoms. The smallest absolute Gasteiger partial charge is 0.243 e. The molecule has 0 spiro atoms. The van der Waals surface area contributed by atoms with Gasteiger partial charge in [0.25, 0.3) is 0 Å². The monoisotopic (exact) mass is 288 g/mol. The third-order valence-electron chi connectivity index (χ3n) is 3.11. The first-order valence-electron chi connectivity index (χ1n) is 6.11. The van der Waals surface area contributed by atoms with Gasteiger partial charge in [0.05, 0.1) is 0 Å². The zero-order chi connectivity index (χ0) is 13.9. The van der Waals surface area contributed by atoms with E-state index in [0.717, 1.165) is 19.1 Å². The van der Waals surface area contributed by atoms with Gasteiger partial charge < -0.3 is 10.5 Å². The highest BCUT2D eigenvalue weighted by Crippen LogP contribution is 2.18. The Hall–Kier alpha value is -1.18. The van der Waals surface area contributed by atoms with Gasteiger partial charge in [-0.25, -0.2) is 17.5 Å². The molecular weight excluding hydrogens is 271 g/mol. The molecule has 0 radical (unpaired) electrons. The summed E-state index contributed by atoms with van der Waals surface area (Å²) in [4.78, 5) is -0.371. The van der Waals surface area contributed by atoms with Gasteiger partial charge in [0.1, 0.15) is 10.7 Å². The van der Waals surface area contributed by atoms with E-state index >= 15 is 0 Å². The van der Waals surface area contributed by atoms with Crippen LogP contribution in [-0.2, 0) is 14.8 Å². The normalized spacial score (nSPS) is 19.7. The van der Waals surface area contributed by atoms with Crippen molar-refractivity contribution >= 4 is 15.7 Å². The Morgan fingerprint density at radius 3 is 2.89 bits per heavy atom. The molecule has 1 aromatic carbocycles. The van der Waals surface area contributed by atoms with Crippen LogP contribution in [0.2, 0.25) is 0 Å². The molecule has 1 atom stereocenters. The molecule has 1 aliphatic heterocycles. The van der Waals surface area contributed by atoms with Crippen LogP contribution < -0.4 is 10.5 Å². The van der Waals surface area contributed by atoms with Crippen LogP contribution >= 0.6 is 0 Å². The molecule has 5 nitrogen and oxygen atoms in total.